The number of hydrogen-bond acceptors (Lipinski definition) is 1. The maximum Gasteiger partial charge on any atom is 0.416 e. The van der Waals surface area contributed by atoms with Crippen molar-refractivity contribution >= 4 is 17.2 Å². The molecule has 1 aromatic rings. The molecular formula is C9H8F3NS. The van der Waals surface area contributed by atoms with Crippen molar-refractivity contribution in [3.63, 3.8) is 0 Å². The molecule has 0 radical (unpaired) electrons. The normalized spacial score (nSPS) is 11.4. The molecular weight excluding hydrogens is 211 g/mol. The van der Waals surface area contributed by atoms with E-state index in [1.807, 2.05) is 0 Å². The lowest BCUT2D eigenvalue weighted by molar-refractivity contribution is -0.138. The number of benzene rings is 1. The van der Waals surface area contributed by atoms with E-state index >= 15 is 0 Å². The molecule has 76 valence electrons. The van der Waals surface area contributed by atoms with Crippen LogP contribution in [0, 0.1) is 6.92 Å². The fourth-order valence-electron chi connectivity index (χ4n) is 1.08. The summed E-state index contributed by atoms with van der Waals surface area (Å²) in [6.07, 6.45) is -4.36. The van der Waals surface area contributed by atoms with Crippen molar-refractivity contribution < 1.29 is 13.2 Å². The number of rotatable bonds is 1. The quantitative estimate of drug-likeness (QED) is 0.735. The van der Waals surface area contributed by atoms with Crippen LogP contribution in [0.15, 0.2) is 18.2 Å². The highest BCUT2D eigenvalue weighted by atomic mass is 32.1. The number of halogens is 3. The van der Waals surface area contributed by atoms with Gasteiger partial charge in [0.05, 0.1) is 5.56 Å². The highest BCUT2D eigenvalue weighted by Crippen LogP contribution is 2.32. The van der Waals surface area contributed by atoms with Gasteiger partial charge < -0.3 is 5.73 Å². The minimum atomic E-state index is -4.36. The van der Waals surface area contributed by atoms with Gasteiger partial charge >= 0.3 is 6.18 Å². The van der Waals surface area contributed by atoms with Crippen LogP contribution >= 0.6 is 12.2 Å². The Morgan fingerprint density at radius 1 is 1.36 bits per heavy atom. The van der Waals surface area contributed by atoms with E-state index in [0.29, 0.717) is 0 Å². The van der Waals surface area contributed by atoms with Crippen molar-refractivity contribution in [1.82, 2.24) is 0 Å². The van der Waals surface area contributed by atoms with Crippen molar-refractivity contribution in [2.24, 2.45) is 5.73 Å². The number of thiocarbonyl (C=S) groups is 1. The van der Waals surface area contributed by atoms with Gasteiger partial charge in [0.1, 0.15) is 4.99 Å². The van der Waals surface area contributed by atoms with Gasteiger partial charge in [0.2, 0.25) is 0 Å². The summed E-state index contributed by atoms with van der Waals surface area (Å²) in [7, 11) is 0. The molecule has 1 rings (SSSR count). The SMILES string of the molecule is Cc1ccc(C(N)=S)cc1C(F)(F)F. The Morgan fingerprint density at radius 3 is 2.36 bits per heavy atom. The minimum Gasteiger partial charge on any atom is -0.389 e. The smallest absolute Gasteiger partial charge is 0.389 e. The third kappa shape index (κ3) is 2.23. The van der Waals surface area contributed by atoms with E-state index in [1.54, 1.807) is 0 Å². The minimum absolute atomic E-state index is 0.0319. The van der Waals surface area contributed by atoms with Crippen LogP contribution in [0.2, 0.25) is 0 Å². The molecule has 0 heterocycles. The summed E-state index contributed by atoms with van der Waals surface area (Å²) in [6.45, 7) is 1.40. The van der Waals surface area contributed by atoms with Gasteiger partial charge in [-0.25, -0.2) is 0 Å². The second-order valence-corrected chi connectivity index (χ2v) is 3.33. The van der Waals surface area contributed by atoms with Crippen LogP contribution in [-0.2, 0) is 6.18 Å². The van der Waals surface area contributed by atoms with Crippen molar-refractivity contribution in [3.05, 3.63) is 34.9 Å². The number of nitrogens with two attached hydrogens (primary N) is 1. The molecule has 0 fully saturated rings. The lowest BCUT2D eigenvalue weighted by atomic mass is 10.0. The number of alkyl halides is 3. The fourth-order valence-corrected chi connectivity index (χ4v) is 1.21. The van der Waals surface area contributed by atoms with E-state index in [9.17, 15) is 13.2 Å². The average Bonchev–Trinajstić information content (AvgIpc) is 2.02. The topological polar surface area (TPSA) is 26.0 Å². The Hall–Kier alpha value is -1.10. The van der Waals surface area contributed by atoms with Crippen LogP contribution in [0.3, 0.4) is 0 Å². The molecule has 0 saturated heterocycles. The summed E-state index contributed by atoms with van der Waals surface area (Å²) in [4.78, 5) is -0.0319. The predicted octanol–water partition coefficient (Wildman–Crippen LogP) is 2.65. The van der Waals surface area contributed by atoms with Crippen LogP contribution in [0.25, 0.3) is 0 Å². The maximum absolute atomic E-state index is 12.4. The van der Waals surface area contributed by atoms with Gasteiger partial charge in [-0.15, -0.1) is 0 Å². The molecule has 0 aliphatic carbocycles. The molecule has 1 aromatic carbocycles. The lowest BCUT2D eigenvalue weighted by Crippen LogP contribution is -2.13. The molecule has 0 saturated carbocycles. The largest absolute Gasteiger partial charge is 0.416 e. The van der Waals surface area contributed by atoms with E-state index in [0.717, 1.165) is 6.07 Å². The zero-order chi connectivity index (χ0) is 10.9. The molecule has 0 unspecified atom stereocenters. The summed E-state index contributed by atoms with van der Waals surface area (Å²) >= 11 is 4.60. The van der Waals surface area contributed by atoms with Gasteiger partial charge in [0.25, 0.3) is 0 Å². The summed E-state index contributed by atoms with van der Waals surface area (Å²) in [5, 5.41) is 0. The standard InChI is InChI=1S/C9H8F3NS/c1-5-2-3-6(8(13)14)4-7(5)9(10,11)12/h2-4H,1H3,(H2,13,14). The van der Waals surface area contributed by atoms with E-state index < -0.39 is 11.7 Å². The molecule has 0 aliphatic heterocycles. The van der Waals surface area contributed by atoms with Gasteiger partial charge in [-0.3, -0.25) is 0 Å². The molecule has 5 heteroatoms. The number of hydrogen-bond donors (Lipinski definition) is 1. The van der Waals surface area contributed by atoms with Crippen LogP contribution < -0.4 is 5.73 Å². The molecule has 0 atom stereocenters. The molecule has 1 nitrogen and oxygen atoms in total. The Labute approximate surface area is 84.7 Å². The molecule has 0 aromatic heterocycles. The molecule has 0 bridgehead atoms. The van der Waals surface area contributed by atoms with E-state index in [2.05, 4.69) is 12.2 Å². The Bertz CT molecular complexity index is 371. The van der Waals surface area contributed by atoms with Crippen molar-refractivity contribution in [2.45, 2.75) is 13.1 Å². The first-order chi connectivity index (χ1) is 6.32. The zero-order valence-electron chi connectivity index (χ0n) is 7.35. The highest BCUT2D eigenvalue weighted by Gasteiger charge is 2.32. The molecule has 0 aliphatic rings. The Balaban J connectivity index is 3.29. The van der Waals surface area contributed by atoms with Crippen LogP contribution in [-0.4, -0.2) is 4.99 Å². The van der Waals surface area contributed by atoms with Crippen molar-refractivity contribution in [1.29, 1.82) is 0 Å². The van der Waals surface area contributed by atoms with Crippen LogP contribution in [0.1, 0.15) is 16.7 Å². The first-order valence-corrected chi connectivity index (χ1v) is 4.21. The van der Waals surface area contributed by atoms with Gasteiger partial charge in [-0.2, -0.15) is 13.2 Å². The van der Waals surface area contributed by atoms with E-state index in [1.165, 1.54) is 19.1 Å². The third-order valence-electron chi connectivity index (χ3n) is 1.83. The molecule has 14 heavy (non-hydrogen) atoms. The second-order valence-electron chi connectivity index (χ2n) is 2.89. The number of aryl methyl sites for hydroxylation is 1. The fraction of sp³-hybridized carbons (Fsp3) is 0.222. The first-order valence-electron chi connectivity index (χ1n) is 3.80. The van der Waals surface area contributed by atoms with Crippen molar-refractivity contribution in [3.8, 4) is 0 Å². The summed E-state index contributed by atoms with van der Waals surface area (Å²) < 4.78 is 37.2. The monoisotopic (exact) mass is 219 g/mol. The van der Waals surface area contributed by atoms with Crippen LogP contribution in [0.5, 0.6) is 0 Å². The second kappa shape index (κ2) is 3.57. The van der Waals surface area contributed by atoms with Crippen LogP contribution in [0.4, 0.5) is 13.2 Å². The molecule has 2 N–H and O–H groups in total. The average molecular weight is 219 g/mol. The summed E-state index contributed by atoms with van der Waals surface area (Å²) in [5.74, 6) is 0. The molecule has 0 spiro atoms. The highest BCUT2D eigenvalue weighted by molar-refractivity contribution is 7.80. The van der Waals surface area contributed by atoms with Crippen molar-refractivity contribution in [2.75, 3.05) is 0 Å². The van der Waals surface area contributed by atoms with Gasteiger partial charge in [0, 0.05) is 5.56 Å². The van der Waals surface area contributed by atoms with E-state index in [4.69, 9.17) is 5.73 Å². The Kier molecular flexibility index (Phi) is 2.80. The lowest BCUT2D eigenvalue weighted by Gasteiger charge is -2.11. The van der Waals surface area contributed by atoms with Gasteiger partial charge in [-0.1, -0.05) is 24.4 Å². The predicted molar refractivity (Wildman–Crippen MR) is 52.1 cm³/mol. The summed E-state index contributed by atoms with van der Waals surface area (Å²) in [6, 6.07) is 3.81. The zero-order valence-corrected chi connectivity index (χ0v) is 8.17. The summed E-state index contributed by atoms with van der Waals surface area (Å²) in [5.41, 5.74) is 4.95. The maximum atomic E-state index is 12.4. The third-order valence-corrected chi connectivity index (χ3v) is 2.06. The molecule has 0 amide bonds. The van der Waals surface area contributed by atoms with Gasteiger partial charge in [0.15, 0.2) is 0 Å². The van der Waals surface area contributed by atoms with E-state index in [-0.39, 0.29) is 16.1 Å². The Morgan fingerprint density at radius 2 is 1.93 bits per heavy atom. The first kappa shape index (κ1) is 11.0. The van der Waals surface area contributed by atoms with Gasteiger partial charge in [-0.05, 0) is 18.6 Å².